The molecule has 0 aliphatic heterocycles. The van der Waals surface area contributed by atoms with Crippen molar-refractivity contribution in [3.63, 3.8) is 0 Å². The molecule has 0 bridgehead atoms. The van der Waals surface area contributed by atoms with E-state index in [4.69, 9.17) is 22.1 Å². The third kappa shape index (κ3) is 5.87. The topological polar surface area (TPSA) is 76.7 Å². The Balaban J connectivity index is 1.83. The van der Waals surface area contributed by atoms with E-state index in [1.165, 1.54) is 0 Å². The normalized spacial score (nSPS) is 11.7. The lowest BCUT2D eigenvalue weighted by Gasteiger charge is -2.10. The highest BCUT2D eigenvalue weighted by Crippen LogP contribution is 2.19. The molecule has 1 amide bonds. The zero-order valence-electron chi connectivity index (χ0n) is 16.3. The van der Waals surface area contributed by atoms with Crippen molar-refractivity contribution in [1.82, 2.24) is 5.32 Å². The number of aliphatic imine (C=N–C) groups is 1. The van der Waals surface area contributed by atoms with Crippen LogP contribution >= 0.6 is 11.6 Å². The van der Waals surface area contributed by atoms with E-state index in [9.17, 15) is 4.79 Å². The summed E-state index contributed by atoms with van der Waals surface area (Å²) in [6.45, 7) is 0. The van der Waals surface area contributed by atoms with E-state index in [0.29, 0.717) is 16.3 Å². The minimum atomic E-state index is -0.571. The number of hydrogen-bond acceptors (Lipinski definition) is 3. The molecule has 3 aromatic carbocycles. The second-order valence-corrected chi connectivity index (χ2v) is 6.72. The van der Waals surface area contributed by atoms with Crippen LogP contribution in [0.4, 0.5) is 0 Å². The van der Waals surface area contributed by atoms with Crippen LogP contribution in [0.25, 0.3) is 0 Å². The van der Waals surface area contributed by atoms with Gasteiger partial charge in [-0.1, -0.05) is 53.8 Å². The number of nitrogens with one attached hydrogen (secondary N) is 1. The average molecular weight is 418 g/mol. The fraction of sp³-hybridized carbons (Fsp3) is 0.0833. The molecular formula is C24H20ClN3O2. The molecule has 6 heteroatoms. The predicted molar refractivity (Wildman–Crippen MR) is 120 cm³/mol. The van der Waals surface area contributed by atoms with Crippen molar-refractivity contribution in [1.29, 1.82) is 0 Å². The number of halogens is 1. The first-order valence-corrected chi connectivity index (χ1v) is 9.53. The highest BCUT2D eigenvalue weighted by atomic mass is 35.5. The molecule has 0 heterocycles. The van der Waals surface area contributed by atoms with E-state index in [-0.39, 0.29) is 11.9 Å². The number of nitrogens with two attached hydrogens (primary N) is 1. The lowest BCUT2D eigenvalue weighted by atomic mass is 10.1. The minimum Gasteiger partial charge on any atom is -0.497 e. The van der Waals surface area contributed by atoms with E-state index in [2.05, 4.69) is 22.2 Å². The summed E-state index contributed by atoms with van der Waals surface area (Å²) >= 11 is 5.99. The van der Waals surface area contributed by atoms with Crippen LogP contribution in [0.3, 0.4) is 0 Å². The van der Waals surface area contributed by atoms with Crippen LogP contribution in [0.15, 0.2) is 83.9 Å². The fourth-order valence-electron chi connectivity index (χ4n) is 2.61. The molecule has 0 saturated carbocycles. The second-order valence-electron chi connectivity index (χ2n) is 6.29. The van der Waals surface area contributed by atoms with E-state index in [0.717, 1.165) is 11.1 Å². The number of benzene rings is 3. The highest BCUT2D eigenvalue weighted by Gasteiger charge is 2.11. The maximum Gasteiger partial charge on any atom is 0.257 e. The molecule has 0 spiro atoms. The van der Waals surface area contributed by atoms with Crippen LogP contribution in [-0.4, -0.2) is 19.0 Å². The van der Waals surface area contributed by atoms with Crippen molar-refractivity contribution in [3.8, 4) is 17.6 Å². The van der Waals surface area contributed by atoms with E-state index in [1.807, 2.05) is 42.5 Å². The number of ether oxygens (including phenoxy) is 1. The molecule has 0 radical (unpaired) electrons. The van der Waals surface area contributed by atoms with Crippen LogP contribution < -0.4 is 15.8 Å². The summed E-state index contributed by atoms with van der Waals surface area (Å²) in [5.74, 6) is 6.45. The molecule has 1 atom stereocenters. The minimum absolute atomic E-state index is 0.0295. The van der Waals surface area contributed by atoms with Crippen LogP contribution in [0, 0.1) is 11.8 Å². The number of rotatable bonds is 4. The van der Waals surface area contributed by atoms with Crippen molar-refractivity contribution in [2.24, 2.45) is 10.7 Å². The number of carbonyl (C=O) groups excluding carboxylic acids is 1. The number of carbonyl (C=O) groups is 1. The Morgan fingerprint density at radius 3 is 2.33 bits per heavy atom. The predicted octanol–water partition coefficient (Wildman–Crippen LogP) is 4.19. The molecule has 1 unspecified atom stereocenters. The quantitative estimate of drug-likeness (QED) is 0.379. The number of nitrogens with zero attached hydrogens (tertiary/aromatic N) is 1. The number of guanidine groups is 1. The third-order valence-electron chi connectivity index (χ3n) is 4.17. The maximum absolute atomic E-state index is 12.4. The number of amides is 1. The van der Waals surface area contributed by atoms with Crippen molar-refractivity contribution in [2.75, 3.05) is 7.11 Å². The van der Waals surface area contributed by atoms with Gasteiger partial charge in [0.2, 0.25) is 0 Å². The summed E-state index contributed by atoms with van der Waals surface area (Å²) in [5.41, 5.74) is 8.11. The van der Waals surface area contributed by atoms with Gasteiger partial charge in [0.05, 0.1) is 7.11 Å². The van der Waals surface area contributed by atoms with Crippen LogP contribution in [-0.2, 0) is 0 Å². The zero-order chi connectivity index (χ0) is 21.3. The van der Waals surface area contributed by atoms with Crippen molar-refractivity contribution >= 4 is 23.5 Å². The Morgan fingerprint density at radius 2 is 1.70 bits per heavy atom. The lowest BCUT2D eigenvalue weighted by Crippen LogP contribution is -2.37. The highest BCUT2D eigenvalue weighted by molar-refractivity contribution is 6.30. The molecule has 0 aromatic heterocycles. The van der Waals surface area contributed by atoms with Gasteiger partial charge in [0.15, 0.2) is 5.96 Å². The Morgan fingerprint density at radius 1 is 1.03 bits per heavy atom. The summed E-state index contributed by atoms with van der Waals surface area (Å²) in [7, 11) is 1.56. The molecule has 3 rings (SSSR count). The van der Waals surface area contributed by atoms with Gasteiger partial charge in [-0.05, 0) is 54.1 Å². The standard InChI is InChI=1S/C24H20ClN3O2/c1-30-21-14-10-19(11-15-21)23(29)28-24(26)27-22(18-8-12-20(25)13-9-18)16-7-17-5-3-2-4-6-17/h2-6,8-15,22H,1H3,(H3,26,27,28,29). The molecular weight excluding hydrogens is 398 g/mol. The molecule has 0 aliphatic carbocycles. The Kier molecular flexibility index (Phi) is 7.09. The lowest BCUT2D eigenvalue weighted by molar-refractivity contribution is 0.0976. The molecule has 3 aromatic rings. The van der Waals surface area contributed by atoms with Gasteiger partial charge in [-0.3, -0.25) is 10.1 Å². The van der Waals surface area contributed by atoms with E-state index < -0.39 is 6.04 Å². The van der Waals surface area contributed by atoms with Gasteiger partial charge in [-0.25, -0.2) is 4.99 Å². The Labute approximate surface area is 180 Å². The van der Waals surface area contributed by atoms with Crippen LogP contribution in [0.2, 0.25) is 5.02 Å². The largest absolute Gasteiger partial charge is 0.497 e. The van der Waals surface area contributed by atoms with Gasteiger partial charge in [0.1, 0.15) is 11.8 Å². The smallest absolute Gasteiger partial charge is 0.257 e. The number of hydrogen-bond donors (Lipinski definition) is 2. The van der Waals surface area contributed by atoms with Gasteiger partial charge in [0.25, 0.3) is 5.91 Å². The summed E-state index contributed by atoms with van der Waals surface area (Å²) in [5, 5.41) is 3.21. The Bertz CT molecular complexity index is 1080. The summed E-state index contributed by atoms with van der Waals surface area (Å²) in [6, 6.07) is 22.9. The number of methoxy groups -OCH3 is 1. The molecule has 5 nitrogen and oxygen atoms in total. The first kappa shape index (κ1) is 21.0. The average Bonchev–Trinajstić information content (AvgIpc) is 2.78. The van der Waals surface area contributed by atoms with E-state index in [1.54, 1.807) is 43.5 Å². The summed E-state index contributed by atoms with van der Waals surface area (Å²) in [4.78, 5) is 16.8. The molecule has 0 saturated heterocycles. The van der Waals surface area contributed by atoms with Crippen LogP contribution in [0.5, 0.6) is 5.75 Å². The fourth-order valence-corrected chi connectivity index (χ4v) is 2.74. The SMILES string of the molecule is COc1ccc(C(=O)NC(N)=NC(C#Cc2ccccc2)c2ccc(Cl)cc2)cc1. The third-order valence-corrected chi connectivity index (χ3v) is 4.43. The molecule has 30 heavy (non-hydrogen) atoms. The molecule has 0 fully saturated rings. The summed E-state index contributed by atoms with van der Waals surface area (Å²) < 4.78 is 5.10. The first-order valence-electron chi connectivity index (χ1n) is 9.16. The van der Waals surface area contributed by atoms with Crippen LogP contribution in [0.1, 0.15) is 27.5 Å². The summed E-state index contributed by atoms with van der Waals surface area (Å²) in [6.07, 6.45) is 0. The van der Waals surface area contributed by atoms with E-state index >= 15 is 0 Å². The van der Waals surface area contributed by atoms with Gasteiger partial charge in [0, 0.05) is 16.1 Å². The van der Waals surface area contributed by atoms with Gasteiger partial charge >= 0.3 is 0 Å². The van der Waals surface area contributed by atoms with Gasteiger partial charge in [-0.2, -0.15) is 0 Å². The molecule has 3 N–H and O–H groups in total. The van der Waals surface area contributed by atoms with Gasteiger partial charge < -0.3 is 10.5 Å². The van der Waals surface area contributed by atoms with Gasteiger partial charge in [-0.15, -0.1) is 0 Å². The Hall–Kier alpha value is -3.75. The molecule has 150 valence electrons. The van der Waals surface area contributed by atoms with Crippen molar-refractivity contribution in [3.05, 3.63) is 101 Å². The first-order chi connectivity index (χ1) is 14.5. The van der Waals surface area contributed by atoms with Crippen molar-refractivity contribution in [2.45, 2.75) is 6.04 Å². The second kappa shape index (κ2) is 10.1. The van der Waals surface area contributed by atoms with Crippen molar-refractivity contribution < 1.29 is 9.53 Å². The monoisotopic (exact) mass is 417 g/mol. The maximum atomic E-state index is 12.4. The zero-order valence-corrected chi connectivity index (χ0v) is 17.1. The molecule has 0 aliphatic rings.